The Kier molecular flexibility index (Phi) is 5.52. The third-order valence-electron chi connectivity index (χ3n) is 3.96. The second-order valence-corrected chi connectivity index (χ2v) is 7.17. The summed E-state index contributed by atoms with van der Waals surface area (Å²) >= 11 is 0. The van der Waals surface area contributed by atoms with Crippen molar-refractivity contribution in [1.29, 1.82) is 0 Å². The highest BCUT2D eigenvalue weighted by atomic mass is 16.6. The largest absolute Gasteiger partial charge is 0.497 e. The van der Waals surface area contributed by atoms with Crippen molar-refractivity contribution >= 4 is 6.09 Å². The van der Waals surface area contributed by atoms with Gasteiger partial charge in [-0.1, -0.05) is 12.1 Å². The van der Waals surface area contributed by atoms with Gasteiger partial charge in [-0.3, -0.25) is 0 Å². The number of rotatable bonds is 5. The van der Waals surface area contributed by atoms with Crippen molar-refractivity contribution in [3.05, 3.63) is 29.8 Å². The number of carbonyl (C=O) groups is 1. The van der Waals surface area contributed by atoms with Gasteiger partial charge in [0.1, 0.15) is 11.4 Å². The van der Waals surface area contributed by atoms with Gasteiger partial charge in [-0.2, -0.15) is 0 Å². The molecule has 0 unspecified atom stereocenters. The molecule has 1 aromatic carbocycles. The number of methoxy groups -OCH3 is 1. The predicted molar refractivity (Wildman–Crippen MR) is 90.7 cm³/mol. The standard InChI is InChI=1S/C18H28N2O3/c1-12(13-6-8-16(22-5)9-7-13)19-14-10-15(11-14)20-17(21)23-18(2,3)4/h6-9,12,14-15,19H,10-11H2,1-5H3,(H,20,21)/t12-,14?,15?/m1/s1. The van der Waals surface area contributed by atoms with E-state index in [1.165, 1.54) is 5.56 Å². The smallest absolute Gasteiger partial charge is 0.407 e. The molecule has 0 saturated heterocycles. The molecule has 1 amide bonds. The fraction of sp³-hybridized carbons (Fsp3) is 0.611. The van der Waals surface area contributed by atoms with E-state index in [2.05, 4.69) is 29.7 Å². The van der Waals surface area contributed by atoms with Crippen LogP contribution >= 0.6 is 0 Å². The van der Waals surface area contributed by atoms with Crippen LogP contribution in [0.15, 0.2) is 24.3 Å². The Bertz CT molecular complexity index is 516. The molecule has 2 N–H and O–H groups in total. The van der Waals surface area contributed by atoms with Gasteiger partial charge < -0.3 is 20.1 Å². The Morgan fingerprint density at radius 3 is 2.30 bits per heavy atom. The molecule has 0 aromatic heterocycles. The van der Waals surface area contributed by atoms with E-state index < -0.39 is 5.60 Å². The van der Waals surface area contributed by atoms with Gasteiger partial charge >= 0.3 is 6.09 Å². The Morgan fingerprint density at radius 1 is 1.17 bits per heavy atom. The van der Waals surface area contributed by atoms with E-state index in [-0.39, 0.29) is 18.2 Å². The number of benzene rings is 1. The molecule has 1 aliphatic carbocycles. The lowest BCUT2D eigenvalue weighted by molar-refractivity contribution is 0.0463. The monoisotopic (exact) mass is 320 g/mol. The zero-order chi connectivity index (χ0) is 17.0. The van der Waals surface area contributed by atoms with E-state index in [0.717, 1.165) is 18.6 Å². The van der Waals surface area contributed by atoms with Crippen molar-refractivity contribution < 1.29 is 14.3 Å². The second kappa shape index (κ2) is 7.21. The highest BCUT2D eigenvalue weighted by molar-refractivity contribution is 5.68. The maximum absolute atomic E-state index is 11.7. The summed E-state index contributed by atoms with van der Waals surface area (Å²) < 4.78 is 10.4. The van der Waals surface area contributed by atoms with E-state index in [0.29, 0.717) is 6.04 Å². The molecule has 0 bridgehead atoms. The number of amides is 1. The van der Waals surface area contributed by atoms with Crippen LogP contribution in [0, 0.1) is 0 Å². The van der Waals surface area contributed by atoms with E-state index in [4.69, 9.17) is 9.47 Å². The number of ether oxygens (including phenoxy) is 2. The van der Waals surface area contributed by atoms with E-state index in [1.807, 2.05) is 32.9 Å². The molecule has 128 valence electrons. The minimum atomic E-state index is -0.450. The van der Waals surface area contributed by atoms with Crippen LogP contribution in [0.25, 0.3) is 0 Å². The third kappa shape index (κ3) is 5.43. The molecule has 5 nitrogen and oxygen atoms in total. The zero-order valence-corrected chi connectivity index (χ0v) is 14.7. The molecule has 0 heterocycles. The van der Waals surface area contributed by atoms with Crippen LogP contribution < -0.4 is 15.4 Å². The summed E-state index contributed by atoms with van der Waals surface area (Å²) in [5, 5.41) is 6.50. The average molecular weight is 320 g/mol. The maximum Gasteiger partial charge on any atom is 0.407 e. The Hall–Kier alpha value is -1.75. The molecule has 0 aliphatic heterocycles. The fourth-order valence-corrected chi connectivity index (χ4v) is 2.69. The van der Waals surface area contributed by atoms with Crippen LogP contribution in [0.1, 0.15) is 52.1 Å². The van der Waals surface area contributed by atoms with Gasteiger partial charge in [-0.05, 0) is 58.2 Å². The van der Waals surface area contributed by atoms with E-state index in [9.17, 15) is 4.79 Å². The zero-order valence-electron chi connectivity index (χ0n) is 14.7. The SMILES string of the molecule is COc1ccc([C@@H](C)NC2CC(NC(=O)OC(C)(C)C)C2)cc1. The number of carbonyl (C=O) groups excluding carboxylic acids is 1. The number of nitrogens with one attached hydrogen (secondary N) is 2. The Balaban J connectivity index is 1.71. The molecule has 5 heteroatoms. The summed E-state index contributed by atoms with van der Waals surface area (Å²) in [4.78, 5) is 11.7. The molecule has 1 aliphatic rings. The normalized spacial score (nSPS) is 22.0. The van der Waals surface area contributed by atoms with Gasteiger partial charge in [-0.15, -0.1) is 0 Å². The molecule has 1 saturated carbocycles. The molecular weight excluding hydrogens is 292 g/mol. The fourth-order valence-electron chi connectivity index (χ4n) is 2.69. The van der Waals surface area contributed by atoms with Gasteiger partial charge in [0.05, 0.1) is 7.11 Å². The predicted octanol–water partition coefficient (Wildman–Crippen LogP) is 3.40. The van der Waals surface area contributed by atoms with Crippen LogP contribution in [0.3, 0.4) is 0 Å². The highest BCUT2D eigenvalue weighted by Gasteiger charge is 2.32. The Morgan fingerprint density at radius 2 is 1.78 bits per heavy atom. The molecule has 1 fully saturated rings. The van der Waals surface area contributed by atoms with Crippen molar-refractivity contribution in [1.82, 2.24) is 10.6 Å². The summed E-state index contributed by atoms with van der Waals surface area (Å²) in [6, 6.07) is 8.99. The first-order valence-corrected chi connectivity index (χ1v) is 8.16. The number of hydrogen-bond acceptors (Lipinski definition) is 4. The molecule has 0 radical (unpaired) electrons. The maximum atomic E-state index is 11.7. The van der Waals surface area contributed by atoms with Gasteiger partial charge in [0.25, 0.3) is 0 Å². The summed E-state index contributed by atoms with van der Waals surface area (Å²) in [5.41, 5.74) is 0.781. The summed E-state index contributed by atoms with van der Waals surface area (Å²) in [6.45, 7) is 7.76. The quantitative estimate of drug-likeness (QED) is 0.873. The Labute approximate surface area is 138 Å². The lowest BCUT2D eigenvalue weighted by Crippen LogP contribution is -2.53. The number of alkyl carbamates (subject to hydrolysis) is 1. The molecule has 23 heavy (non-hydrogen) atoms. The lowest BCUT2D eigenvalue weighted by Gasteiger charge is -2.38. The van der Waals surface area contributed by atoms with Crippen LogP contribution in [-0.4, -0.2) is 30.9 Å². The van der Waals surface area contributed by atoms with Crippen molar-refractivity contribution in [2.75, 3.05) is 7.11 Å². The molecular formula is C18H28N2O3. The second-order valence-electron chi connectivity index (χ2n) is 7.17. The van der Waals surface area contributed by atoms with Crippen molar-refractivity contribution in [2.45, 2.75) is 64.3 Å². The molecule has 1 aromatic rings. The number of hydrogen-bond donors (Lipinski definition) is 2. The van der Waals surface area contributed by atoms with Gasteiger partial charge in [0.2, 0.25) is 0 Å². The minimum Gasteiger partial charge on any atom is -0.497 e. The first kappa shape index (κ1) is 17.6. The van der Waals surface area contributed by atoms with Crippen LogP contribution in [0.2, 0.25) is 0 Å². The highest BCUT2D eigenvalue weighted by Crippen LogP contribution is 2.25. The lowest BCUT2D eigenvalue weighted by atomic mass is 9.86. The van der Waals surface area contributed by atoms with Crippen LogP contribution in [0.5, 0.6) is 5.75 Å². The van der Waals surface area contributed by atoms with Gasteiger partial charge in [-0.25, -0.2) is 4.79 Å². The van der Waals surface area contributed by atoms with Crippen LogP contribution in [0.4, 0.5) is 4.79 Å². The van der Waals surface area contributed by atoms with Crippen molar-refractivity contribution in [3.63, 3.8) is 0 Å². The first-order valence-electron chi connectivity index (χ1n) is 8.16. The third-order valence-corrected chi connectivity index (χ3v) is 3.96. The molecule has 0 spiro atoms. The van der Waals surface area contributed by atoms with E-state index >= 15 is 0 Å². The summed E-state index contributed by atoms with van der Waals surface area (Å²) in [5.74, 6) is 0.867. The van der Waals surface area contributed by atoms with Gasteiger partial charge in [0, 0.05) is 18.1 Å². The summed E-state index contributed by atoms with van der Waals surface area (Å²) in [7, 11) is 1.67. The van der Waals surface area contributed by atoms with Gasteiger partial charge in [0.15, 0.2) is 0 Å². The topological polar surface area (TPSA) is 59.6 Å². The average Bonchev–Trinajstić information content (AvgIpc) is 2.43. The van der Waals surface area contributed by atoms with E-state index in [1.54, 1.807) is 7.11 Å². The molecule has 1 atom stereocenters. The van der Waals surface area contributed by atoms with Crippen molar-refractivity contribution in [3.8, 4) is 5.75 Å². The molecule has 2 rings (SSSR count). The first-order chi connectivity index (χ1) is 10.8. The summed E-state index contributed by atoms with van der Waals surface area (Å²) in [6.07, 6.45) is 1.53. The minimum absolute atomic E-state index is 0.199. The van der Waals surface area contributed by atoms with Crippen LogP contribution in [-0.2, 0) is 4.74 Å². The van der Waals surface area contributed by atoms with Crippen molar-refractivity contribution in [2.24, 2.45) is 0 Å².